The zero-order chi connectivity index (χ0) is 15.6. The van der Waals surface area contributed by atoms with Gasteiger partial charge in [0.1, 0.15) is 5.84 Å². The third-order valence-electron chi connectivity index (χ3n) is 2.84. The fourth-order valence-corrected chi connectivity index (χ4v) is 2.66. The molecule has 2 aromatic carbocycles. The molecule has 0 saturated heterocycles. The van der Waals surface area contributed by atoms with E-state index >= 15 is 0 Å². The summed E-state index contributed by atoms with van der Waals surface area (Å²) in [7, 11) is 0. The summed E-state index contributed by atoms with van der Waals surface area (Å²) < 4.78 is 38.6. The molecular formula is C15H13F3N2S. The lowest BCUT2D eigenvalue weighted by Crippen LogP contribution is -2.18. The maximum Gasteiger partial charge on any atom is 0.417 e. The van der Waals surface area contributed by atoms with E-state index in [1.54, 1.807) is 0 Å². The van der Waals surface area contributed by atoms with E-state index in [9.17, 15) is 13.2 Å². The van der Waals surface area contributed by atoms with Gasteiger partial charge in [-0.1, -0.05) is 29.5 Å². The molecule has 0 bridgehead atoms. The minimum absolute atomic E-state index is 0.292. The van der Waals surface area contributed by atoms with Crippen LogP contribution in [-0.4, -0.2) is 5.84 Å². The molecule has 0 fully saturated rings. The first kappa shape index (κ1) is 15.4. The molecule has 0 aliphatic rings. The molecule has 0 saturated carbocycles. The highest BCUT2D eigenvalue weighted by Gasteiger charge is 2.34. The van der Waals surface area contributed by atoms with Crippen LogP contribution in [0.1, 0.15) is 16.7 Å². The van der Waals surface area contributed by atoms with Crippen LogP contribution < -0.4 is 5.73 Å². The van der Waals surface area contributed by atoms with E-state index in [1.807, 2.05) is 31.2 Å². The van der Waals surface area contributed by atoms with Crippen molar-refractivity contribution in [2.45, 2.75) is 22.9 Å². The summed E-state index contributed by atoms with van der Waals surface area (Å²) in [5.74, 6) is -0.589. The van der Waals surface area contributed by atoms with Gasteiger partial charge in [-0.05, 0) is 37.3 Å². The average molecular weight is 310 g/mol. The Balaban J connectivity index is 2.36. The van der Waals surface area contributed by atoms with Crippen LogP contribution in [0.3, 0.4) is 0 Å². The summed E-state index contributed by atoms with van der Waals surface area (Å²) in [5.41, 5.74) is 5.20. The number of amidine groups is 1. The van der Waals surface area contributed by atoms with Crippen molar-refractivity contribution in [3.05, 3.63) is 59.2 Å². The molecule has 0 spiro atoms. The number of rotatable bonds is 3. The van der Waals surface area contributed by atoms with Crippen LogP contribution in [0.2, 0.25) is 0 Å². The van der Waals surface area contributed by atoms with Crippen LogP contribution in [0.25, 0.3) is 0 Å². The van der Waals surface area contributed by atoms with Crippen LogP contribution in [-0.2, 0) is 6.18 Å². The van der Waals surface area contributed by atoms with Gasteiger partial charge in [-0.2, -0.15) is 13.2 Å². The summed E-state index contributed by atoms with van der Waals surface area (Å²) in [6, 6.07) is 11.3. The minimum atomic E-state index is -4.52. The van der Waals surface area contributed by atoms with Crippen LogP contribution in [0.4, 0.5) is 13.2 Å². The van der Waals surface area contributed by atoms with Crippen molar-refractivity contribution in [2.75, 3.05) is 0 Å². The van der Waals surface area contributed by atoms with Crippen molar-refractivity contribution in [2.24, 2.45) is 5.73 Å². The lowest BCUT2D eigenvalue weighted by Gasteiger charge is -2.13. The summed E-state index contributed by atoms with van der Waals surface area (Å²) in [4.78, 5) is 1.52. The average Bonchev–Trinajstić information content (AvgIpc) is 2.40. The zero-order valence-electron chi connectivity index (χ0n) is 11.2. The number of hydrogen-bond donors (Lipinski definition) is 2. The molecule has 2 rings (SSSR count). The smallest absolute Gasteiger partial charge is 0.384 e. The Kier molecular flexibility index (Phi) is 4.27. The molecule has 0 aliphatic carbocycles. The van der Waals surface area contributed by atoms with Gasteiger partial charge in [-0.15, -0.1) is 0 Å². The van der Waals surface area contributed by atoms with E-state index in [1.165, 1.54) is 23.9 Å². The van der Waals surface area contributed by atoms with Crippen molar-refractivity contribution in [3.63, 3.8) is 0 Å². The molecule has 0 aliphatic heterocycles. The number of nitrogens with one attached hydrogen (secondary N) is 1. The van der Waals surface area contributed by atoms with Crippen molar-refractivity contribution in [3.8, 4) is 0 Å². The van der Waals surface area contributed by atoms with Gasteiger partial charge in [0.05, 0.1) is 5.56 Å². The molecule has 0 heterocycles. The molecule has 110 valence electrons. The topological polar surface area (TPSA) is 49.9 Å². The van der Waals surface area contributed by atoms with Gasteiger partial charge >= 0.3 is 6.18 Å². The highest BCUT2D eigenvalue weighted by molar-refractivity contribution is 7.99. The van der Waals surface area contributed by atoms with E-state index in [0.29, 0.717) is 4.90 Å². The maximum absolute atomic E-state index is 12.9. The van der Waals surface area contributed by atoms with E-state index in [-0.39, 0.29) is 5.56 Å². The maximum atomic E-state index is 12.9. The Morgan fingerprint density at radius 2 is 1.62 bits per heavy atom. The second-order valence-corrected chi connectivity index (χ2v) is 5.68. The number of hydrogen-bond acceptors (Lipinski definition) is 2. The fourth-order valence-electron chi connectivity index (χ4n) is 1.80. The first-order valence-corrected chi connectivity index (χ1v) is 6.89. The van der Waals surface area contributed by atoms with Gasteiger partial charge in [0.25, 0.3) is 0 Å². The van der Waals surface area contributed by atoms with Crippen LogP contribution in [0.5, 0.6) is 0 Å². The zero-order valence-corrected chi connectivity index (χ0v) is 12.0. The Morgan fingerprint density at radius 1 is 1.05 bits per heavy atom. The van der Waals surface area contributed by atoms with E-state index in [2.05, 4.69) is 0 Å². The van der Waals surface area contributed by atoms with Gasteiger partial charge in [0.15, 0.2) is 0 Å². The molecule has 0 amide bonds. The molecule has 0 atom stereocenters. The van der Waals surface area contributed by atoms with Gasteiger partial charge in [-0.25, -0.2) is 0 Å². The second-order valence-electron chi connectivity index (χ2n) is 4.53. The Bertz CT molecular complexity index is 664. The summed E-state index contributed by atoms with van der Waals surface area (Å²) >= 11 is 1.33. The van der Waals surface area contributed by atoms with Gasteiger partial charge in [-0.3, -0.25) is 5.41 Å². The van der Waals surface area contributed by atoms with Gasteiger partial charge in [0, 0.05) is 15.4 Å². The number of benzene rings is 2. The number of nitrogens with two attached hydrogens (primary N) is 1. The molecule has 6 heteroatoms. The predicted molar refractivity (Wildman–Crippen MR) is 77.8 cm³/mol. The van der Waals surface area contributed by atoms with Crippen molar-refractivity contribution >= 4 is 17.6 Å². The molecule has 0 unspecified atom stereocenters. The van der Waals surface area contributed by atoms with E-state index in [0.717, 1.165) is 16.5 Å². The van der Waals surface area contributed by atoms with Gasteiger partial charge < -0.3 is 5.73 Å². The van der Waals surface area contributed by atoms with Crippen molar-refractivity contribution in [1.82, 2.24) is 0 Å². The van der Waals surface area contributed by atoms with Crippen LogP contribution in [0.15, 0.2) is 52.3 Å². The standard InChI is InChI=1S/C15H13F3N2S/c1-9-2-4-10(5-3-9)21-11-6-7-13(15(16,17)18)12(8-11)14(19)20/h2-8H,1H3,(H3,19,20). The number of alkyl halides is 3. The molecule has 3 N–H and O–H groups in total. The highest BCUT2D eigenvalue weighted by Crippen LogP contribution is 2.35. The van der Waals surface area contributed by atoms with Crippen LogP contribution >= 0.6 is 11.8 Å². The highest BCUT2D eigenvalue weighted by atomic mass is 32.2. The Labute approximate surface area is 124 Å². The SMILES string of the molecule is Cc1ccc(Sc2ccc(C(F)(F)F)c(C(=N)N)c2)cc1. The molecule has 0 aromatic heterocycles. The summed E-state index contributed by atoms with van der Waals surface area (Å²) in [6.45, 7) is 1.96. The number of halogens is 3. The fraction of sp³-hybridized carbons (Fsp3) is 0.133. The third kappa shape index (κ3) is 3.78. The van der Waals surface area contributed by atoms with Gasteiger partial charge in [0.2, 0.25) is 0 Å². The van der Waals surface area contributed by atoms with Crippen molar-refractivity contribution in [1.29, 1.82) is 5.41 Å². The number of aryl methyl sites for hydroxylation is 1. The van der Waals surface area contributed by atoms with Crippen molar-refractivity contribution < 1.29 is 13.2 Å². The molecule has 0 radical (unpaired) electrons. The molecule has 2 nitrogen and oxygen atoms in total. The predicted octanol–water partition coefficient (Wildman–Crippen LogP) is 4.45. The molecule has 21 heavy (non-hydrogen) atoms. The van der Waals surface area contributed by atoms with E-state index < -0.39 is 17.6 Å². The first-order valence-electron chi connectivity index (χ1n) is 6.07. The lowest BCUT2D eigenvalue weighted by atomic mass is 10.1. The second kappa shape index (κ2) is 5.81. The quantitative estimate of drug-likeness (QED) is 0.650. The normalized spacial score (nSPS) is 11.4. The third-order valence-corrected chi connectivity index (χ3v) is 3.84. The molecular weight excluding hydrogens is 297 g/mol. The minimum Gasteiger partial charge on any atom is -0.384 e. The molecule has 2 aromatic rings. The monoisotopic (exact) mass is 310 g/mol. The summed E-state index contributed by atoms with van der Waals surface area (Å²) in [5, 5.41) is 7.33. The van der Waals surface area contributed by atoms with Crippen LogP contribution in [0, 0.1) is 12.3 Å². The Morgan fingerprint density at radius 3 is 2.14 bits per heavy atom. The summed E-state index contributed by atoms with van der Waals surface area (Å²) in [6.07, 6.45) is -4.52. The largest absolute Gasteiger partial charge is 0.417 e. The first-order chi connectivity index (χ1) is 9.77. The van der Waals surface area contributed by atoms with E-state index in [4.69, 9.17) is 11.1 Å². The lowest BCUT2D eigenvalue weighted by molar-refractivity contribution is -0.137. The Hall–Kier alpha value is -1.95. The number of nitrogen functional groups attached to an aromatic ring is 1.